The van der Waals surface area contributed by atoms with E-state index in [9.17, 15) is 14.0 Å². The molecule has 0 bridgehead atoms. The molecule has 1 aliphatic heterocycles. The lowest BCUT2D eigenvalue weighted by molar-refractivity contribution is -0.139. The molecule has 0 saturated carbocycles. The fourth-order valence-electron chi connectivity index (χ4n) is 3.39. The van der Waals surface area contributed by atoms with E-state index >= 15 is 0 Å². The summed E-state index contributed by atoms with van der Waals surface area (Å²) >= 11 is 0. The number of esters is 1. The van der Waals surface area contributed by atoms with Gasteiger partial charge in [0.2, 0.25) is 5.88 Å². The third kappa shape index (κ3) is 2.81. The Morgan fingerprint density at radius 1 is 1.21 bits per heavy atom. The second kappa shape index (κ2) is 6.84. The van der Waals surface area contributed by atoms with Crippen LogP contribution in [0.1, 0.15) is 24.0 Å². The predicted molar refractivity (Wildman–Crippen MR) is 99.2 cm³/mol. The van der Waals surface area contributed by atoms with Crippen LogP contribution in [-0.2, 0) is 9.53 Å². The minimum Gasteiger partial charge on any atom is -0.462 e. The van der Waals surface area contributed by atoms with Gasteiger partial charge in [0.05, 0.1) is 23.5 Å². The Kier molecular flexibility index (Phi) is 4.35. The number of carbonyl (C=O) groups is 1. The molecular formula is C21H16FNO5. The van der Waals surface area contributed by atoms with E-state index < -0.39 is 23.3 Å². The Morgan fingerprint density at radius 2 is 2.00 bits per heavy atom. The summed E-state index contributed by atoms with van der Waals surface area (Å²) in [5, 5.41) is 0.518. The number of benzene rings is 2. The van der Waals surface area contributed by atoms with Gasteiger partial charge in [-0.15, -0.1) is 0 Å². The number of halogens is 1. The van der Waals surface area contributed by atoms with Crippen molar-refractivity contribution in [3.8, 4) is 5.75 Å². The van der Waals surface area contributed by atoms with Gasteiger partial charge in [-0.2, -0.15) is 0 Å². The predicted octanol–water partition coefficient (Wildman–Crippen LogP) is 3.19. The summed E-state index contributed by atoms with van der Waals surface area (Å²) < 4.78 is 30.1. The molecule has 0 saturated heterocycles. The average molecular weight is 381 g/mol. The molecule has 28 heavy (non-hydrogen) atoms. The number of hydrogen-bond donors (Lipinski definition) is 1. The zero-order chi connectivity index (χ0) is 19.8. The van der Waals surface area contributed by atoms with E-state index in [0.29, 0.717) is 16.5 Å². The molecular weight excluding hydrogens is 365 g/mol. The van der Waals surface area contributed by atoms with Gasteiger partial charge in [-0.1, -0.05) is 24.3 Å². The minimum atomic E-state index is -0.987. The van der Waals surface area contributed by atoms with Crippen molar-refractivity contribution in [1.82, 2.24) is 0 Å². The van der Waals surface area contributed by atoms with Crippen LogP contribution in [0.15, 0.2) is 69.2 Å². The van der Waals surface area contributed by atoms with Crippen LogP contribution < -0.4 is 16.1 Å². The van der Waals surface area contributed by atoms with E-state index in [2.05, 4.69) is 0 Å². The first kappa shape index (κ1) is 17.8. The Labute approximate surface area is 159 Å². The second-order valence-electron chi connectivity index (χ2n) is 6.22. The van der Waals surface area contributed by atoms with Gasteiger partial charge >= 0.3 is 11.6 Å². The van der Waals surface area contributed by atoms with Crippen molar-refractivity contribution in [2.45, 2.75) is 12.8 Å². The van der Waals surface area contributed by atoms with Gasteiger partial charge in [-0.25, -0.2) is 14.0 Å². The summed E-state index contributed by atoms with van der Waals surface area (Å²) in [6.07, 6.45) is 0. The SMILES string of the molecule is CCOC(=O)C1=C(N)Oc2c(c(=O)oc3ccccc23)C1c1cccc(F)c1. The van der Waals surface area contributed by atoms with Crippen LogP contribution in [-0.4, -0.2) is 12.6 Å². The molecule has 1 atom stereocenters. The third-order valence-corrected chi connectivity index (χ3v) is 4.53. The Balaban J connectivity index is 2.05. The van der Waals surface area contributed by atoms with Crippen molar-refractivity contribution in [1.29, 1.82) is 0 Å². The molecule has 3 aromatic rings. The van der Waals surface area contributed by atoms with E-state index in [1.165, 1.54) is 18.2 Å². The highest BCUT2D eigenvalue weighted by molar-refractivity contribution is 5.94. The van der Waals surface area contributed by atoms with Crippen LogP contribution in [0.3, 0.4) is 0 Å². The average Bonchev–Trinajstić information content (AvgIpc) is 2.67. The second-order valence-corrected chi connectivity index (χ2v) is 6.22. The van der Waals surface area contributed by atoms with E-state index in [4.69, 9.17) is 19.6 Å². The summed E-state index contributed by atoms with van der Waals surface area (Å²) in [4.78, 5) is 25.4. The standard InChI is InChI=1S/C21H16FNO5/c1-2-26-20(24)17-15(11-6-5-7-12(22)10-11)16-18(28-19(17)23)13-8-3-4-9-14(13)27-21(16)25/h3-10,15H,2,23H2,1H3. The number of hydrogen-bond acceptors (Lipinski definition) is 6. The molecule has 1 aromatic heterocycles. The number of para-hydroxylation sites is 1. The Hall–Kier alpha value is -3.61. The molecule has 0 aliphatic carbocycles. The molecule has 6 nitrogen and oxygen atoms in total. The number of rotatable bonds is 3. The van der Waals surface area contributed by atoms with Gasteiger partial charge in [0.25, 0.3) is 0 Å². The minimum absolute atomic E-state index is 0.0671. The first-order valence-corrected chi connectivity index (χ1v) is 8.67. The monoisotopic (exact) mass is 381 g/mol. The maximum Gasteiger partial charge on any atom is 0.344 e. The van der Waals surface area contributed by atoms with Crippen LogP contribution in [0.4, 0.5) is 4.39 Å². The number of carbonyl (C=O) groups excluding carboxylic acids is 1. The third-order valence-electron chi connectivity index (χ3n) is 4.53. The largest absolute Gasteiger partial charge is 0.462 e. The molecule has 0 fully saturated rings. The fraction of sp³-hybridized carbons (Fsp3) is 0.143. The summed E-state index contributed by atoms with van der Waals surface area (Å²) in [6, 6.07) is 12.4. The summed E-state index contributed by atoms with van der Waals surface area (Å²) in [5.74, 6) is -2.26. The molecule has 2 N–H and O–H groups in total. The van der Waals surface area contributed by atoms with E-state index in [1.807, 2.05) is 0 Å². The highest BCUT2D eigenvalue weighted by Gasteiger charge is 2.39. The Bertz CT molecular complexity index is 1180. The smallest absolute Gasteiger partial charge is 0.344 e. The summed E-state index contributed by atoms with van der Waals surface area (Å²) in [6.45, 7) is 1.75. The zero-order valence-electron chi connectivity index (χ0n) is 14.9. The van der Waals surface area contributed by atoms with Gasteiger partial charge in [0, 0.05) is 0 Å². The maximum absolute atomic E-state index is 13.9. The van der Waals surface area contributed by atoms with Crippen LogP contribution in [0.2, 0.25) is 0 Å². The van der Waals surface area contributed by atoms with Gasteiger partial charge in [0.1, 0.15) is 17.0 Å². The molecule has 2 aromatic carbocycles. The number of nitrogens with two attached hydrogens (primary N) is 1. The molecule has 7 heteroatoms. The van der Waals surface area contributed by atoms with Crippen LogP contribution >= 0.6 is 0 Å². The Morgan fingerprint density at radius 3 is 2.75 bits per heavy atom. The van der Waals surface area contributed by atoms with Crippen molar-refractivity contribution in [3.63, 3.8) is 0 Å². The van der Waals surface area contributed by atoms with Crippen molar-refractivity contribution < 1.29 is 23.1 Å². The van der Waals surface area contributed by atoms with E-state index in [1.54, 1.807) is 37.3 Å². The molecule has 2 heterocycles. The quantitative estimate of drug-likeness (QED) is 0.553. The summed E-state index contributed by atoms with van der Waals surface area (Å²) in [7, 11) is 0. The zero-order valence-corrected chi connectivity index (χ0v) is 14.9. The lowest BCUT2D eigenvalue weighted by Gasteiger charge is -2.28. The van der Waals surface area contributed by atoms with Gasteiger partial charge in [-0.05, 0) is 36.8 Å². The molecule has 0 spiro atoms. The van der Waals surface area contributed by atoms with Gasteiger partial charge < -0.3 is 19.6 Å². The van der Waals surface area contributed by atoms with E-state index in [0.717, 1.165) is 0 Å². The lowest BCUT2D eigenvalue weighted by atomic mass is 9.83. The molecule has 0 amide bonds. The van der Waals surface area contributed by atoms with Crippen molar-refractivity contribution in [3.05, 3.63) is 87.4 Å². The van der Waals surface area contributed by atoms with Crippen LogP contribution in [0.5, 0.6) is 5.75 Å². The van der Waals surface area contributed by atoms with Gasteiger partial charge in [-0.3, -0.25) is 0 Å². The highest BCUT2D eigenvalue weighted by Crippen LogP contribution is 2.44. The fourth-order valence-corrected chi connectivity index (χ4v) is 3.39. The normalized spacial score (nSPS) is 15.9. The van der Waals surface area contributed by atoms with E-state index in [-0.39, 0.29) is 29.4 Å². The van der Waals surface area contributed by atoms with Crippen molar-refractivity contribution >= 4 is 16.9 Å². The van der Waals surface area contributed by atoms with Crippen molar-refractivity contribution in [2.24, 2.45) is 5.73 Å². The maximum atomic E-state index is 13.9. The molecule has 1 aliphatic rings. The molecule has 0 radical (unpaired) electrons. The lowest BCUT2D eigenvalue weighted by Crippen LogP contribution is -2.31. The van der Waals surface area contributed by atoms with Crippen LogP contribution in [0.25, 0.3) is 11.0 Å². The molecule has 142 valence electrons. The number of fused-ring (bicyclic) bond motifs is 3. The summed E-state index contributed by atoms with van der Waals surface area (Å²) in [5.41, 5.74) is 6.04. The molecule has 1 unspecified atom stereocenters. The first-order chi connectivity index (χ1) is 13.5. The van der Waals surface area contributed by atoms with Gasteiger partial charge in [0.15, 0.2) is 5.75 Å². The number of ether oxygens (including phenoxy) is 2. The van der Waals surface area contributed by atoms with Crippen LogP contribution in [0, 0.1) is 5.82 Å². The van der Waals surface area contributed by atoms with Crippen molar-refractivity contribution in [2.75, 3.05) is 6.61 Å². The highest BCUT2D eigenvalue weighted by atomic mass is 19.1. The topological polar surface area (TPSA) is 91.8 Å². The first-order valence-electron chi connectivity index (χ1n) is 8.67. The molecule has 4 rings (SSSR count).